The van der Waals surface area contributed by atoms with E-state index in [9.17, 15) is 9.59 Å². The zero-order chi connectivity index (χ0) is 12.2. The maximum atomic E-state index is 11.8. The predicted octanol–water partition coefficient (Wildman–Crippen LogP) is -0.306. The Balaban J connectivity index is 4.59. The van der Waals surface area contributed by atoms with Crippen molar-refractivity contribution in [3.05, 3.63) is 0 Å². The minimum Gasteiger partial charge on any atom is -0.368 e. The number of carbonyl (C=O) groups is 2. The van der Waals surface area contributed by atoms with Crippen molar-refractivity contribution in [3.63, 3.8) is 0 Å². The average Bonchev–Trinajstić information content (AvgIpc) is 2.10. The van der Waals surface area contributed by atoms with Crippen LogP contribution in [0.15, 0.2) is 0 Å². The quantitative estimate of drug-likeness (QED) is 0.674. The molecule has 0 radical (unpaired) electrons. The summed E-state index contributed by atoms with van der Waals surface area (Å²) in [4.78, 5) is 24.0. The Labute approximate surface area is 90.8 Å². The number of carbonyl (C=O) groups excluding carboxylic acids is 2. The van der Waals surface area contributed by atoms with Crippen molar-refractivity contribution in [2.45, 2.75) is 33.7 Å². The fraction of sp³-hybridized carbons (Fsp3) is 0.800. The molecular formula is C10H21N3O2. The number of nitrogens with two attached hydrogens (primary N) is 2. The zero-order valence-electron chi connectivity index (χ0n) is 9.91. The van der Waals surface area contributed by atoms with Crippen LogP contribution in [0.25, 0.3) is 0 Å². The van der Waals surface area contributed by atoms with Crippen molar-refractivity contribution in [3.8, 4) is 0 Å². The van der Waals surface area contributed by atoms with E-state index in [1.54, 1.807) is 6.92 Å². The van der Waals surface area contributed by atoms with Crippen LogP contribution in [0.4, 0.5) is 0 Å². The van der Waals surface area contributed by atoms with Gasteiger partial charge in [-0.1, -0.05) is 20.8 Å². The van der Waals surface area contributed by atoms with Gasteiger partial charge in [0.15, 0.2) is 0 Å². The number of primary amides is 1. The molecule has 0 saturated carbocycles. The van der Waals surface area contributed by atoms with Gasteiger partial charge >= 0.3 is 0 Å². The van der Waals surface area contributed by atoms with E-state index in [2.05, 4.69) is 0 Å². The number of amides is 2. The Morgan fingerprint density at radius 1 is 1.33 bits per heavy atom. The van der Waals surface area contributed by atoms with Gasteiger partial charge in [0, 0.05) is 6.54 Å². The molecule has 0 aromatic carbocycles. The van der Waals surface area contributed by atoms with Crippen molar-refractivity contribution in [2.24, 2.45) is 16.9 Å². The molecule has 0 aliphatic carbocycles. The summed E-state index contributed by atoms with van der Waals surface area (Å²) in [6, 6.07) is -0.614. The zero-order valence-corrected chi connectivity index (χ0v) is 9.91. The first-order chi connectivity index (χ1) is 6.70. The molecule has 0 rings (SSSR count). The number of hydrogen-bond acceptors (Lipinski definition) is 3. The van der Waals surface area contributed by atoms with Gasteiger partial charge in [0.05, 0.1) is 12.6 Å². The van der Waals surface area contributed by atoms with Crippen LogP contribution < -0.4 is 11.5 Å². The van der Waals surface area contributed by atoms with E-state index in [0.29, 0.717) is 6.54 Å². The summed E-state index contributed by atoms with van der Waals surface area (Å²) < 4.78 is 0. The van der Waals surface area contributed by atoms with Gasteiger partial charge in [0.1, 0.15) is 0 Å². The molecule has 0 aliphatic heterocycles. The molecule has 1 atom stereocenters. The minimum atomic E-state index is -0.614. The summed E-state index contributed by atoms with van der Waals surface area (Å²) in [7, 11) is 0. The van der Waals surface area contributed by atoms with Crippen LogP contribution in [0.1, 0.15) is 27.7 Å². The molecule has 88 valence electrons. The van der Waals surface area contributed by atoms with Crippen LogP contribution in [0.3, 0.4) is 0 Å². The van der Waals surface area contributed by atoms with Gasteiger partial charge in [-0.25, -0.2) is 0 Å². The molecule has 4 N–H and O–H groups in total. The van der Waals surface area contributed by atoms with Crippen molar-refractivity contribution in [1.29, 1.82) is 0 Å². The Morgan fingerprint density at radius 2 is 1.80 bits per heavy atom. The van der Waals surface area contributed by atoms with E-state index < -0.39 is 11.9 Å². The number of rotatable bonds is 4. The van der Waals surface area contributed by atoms with E-state index in [4.69, 9.17) is 11.5 Å². The average molecular weight is 215 g/mol. The summed E-state index contributed by atoms with van der Waals surface area (Å²) >= 11 is 0. The first-order valence-corrected chi connectivity index (χ1v) is 5.02. The third-order valence-electron chi connectivity index (χ3n) is 2.24. The maximum absolute atomic E-state index is 11.8. The van der Waals surface area contributed by atoms with Gasteiger partial charge in [0.2, 0.25) is 11.8 Å². The first-order valence-electron chi connectivity index (χ1n) is 5.02. The second-order valence-corrected chi connectivity index (χ2v) is 4.66. The van der Waals surface area contributed by atoms with Crippen molar-refractivity contribution in [2.75, 3.05) is 13.1 Å². The molecule has 0 heterocycles. The molecule has 0 unspecified atom stereocenters. The van der Waals surface area contributed by atoms with E-state index in [1.165, 1.54) is 4.90 Å². The summed E-state index contributed by atoms with van der Waals surface area (Å²) in [6.45, 7) is 7.80. The lowest BCUT2D eigenvalue weighted by molar-refractivity contribution is -0.138. The fourth-order valence-corrected chi connectivity index (χ4v) is 1.10. The fourth-order valence-electron chi connectivity index (χ4n) is 1.10. The third kappa shape index (κ3) is 4.29. The highest BCUT2D eigenvalue weighted by molar-refractivity contribution is 5.87. The Kier molecular flexibility index (Phi) is 4.74. The Bertz CT molecular complexity index is 246. The highest BCUT2D eigenvalue weighted by Crippen LogP contribution is 2.18. The normalized spacial score (nSPS) is 13.4. The van der Waals surface area contributed by atoms with Gasteiger partial charge in [-0.05, 0) is 12.3 Å². The summed E-state index contributed by atoms with van der Waals surface area (Å²) in [5, 5.41) is 0. The van der Waals surface area contributed by atoms with Gasteiger partial charge < -0.3 is 16.4 Å². The molecule has 5 heteroatoms. The monoisotopic (exact) mass is 215 g/mol. The second-order valence-electron chi connectivity index (χ2n) is 4.66. The minimum absolute atomic E-state index is 0.0703. The number of hydrogen-bond donors (Lipinski definition) is 2. The Morgan fingerprint density at radius 3 is 2.07 bits per heavy atom. The van der Waals surface area contributed by atoms with Crippen LogP contribution >= 0.6 is 0 Å². The summed E-state index contributed by atoms with van der Waals surface area (Å²) in [5.41, 5.74) is 10.5. The molecule has 2 amide bonds. The van der Waals surface area contributed by atoms with E-state index in [1.807, 2.05) is 20.8 Å². The van der Waals surface area contributed by atoms with Gasteiger partial charge in [-0.3, -0.25) is 9.59 Å². The molecule has 5 nitrogen and oxygen atoms in total. The smallest absolute Gasteiger partial charge is 0.240 e. The van der Waals surface area contributed by atoms with Crippen LogP contribution in [0, 0.1) is 5.41 Å². The van der Waals surface area contributed by atoms with Crippen molar-refractivity contribution < 1.29 is 9.59 Å². The lowest BCUT2D eigenvalue weighted by atomic mass is 9.86. The molecule has 0 aliphatic rings. The highest BCUT2D eigenvalue weighted by Gasteiger charge is 2.30. The first kappa shape index (κ1) is 13.9. The molecule has 0 aromatic rings. The maximum Gasteiger partial charge on any atom is 0.240 e. The lowest BCUT2D eigenvalue weighted by Gasteiger charge is -2.30. The summed E-state index contributed by atoms with van der Waals surface area (Å²) in [5.74, 6) is -0.755. The Hall–Kier alpha value is -1.10. The van der Waals surface area contributed by atoms with E-state index in [-0.39, 0.29) is 17.9 Å². The SMILES string of the molecule is CCN(CC(N)=O)C(=O)[C@@H](N)C(C)(C)C. The van der Waals surface area contributed by atoms with Gasteiger partial charge in [0.25, 0.3) is 0 Å². The van der Waals surface area contributed by atoms with Crippen molar-refractivity contribution >= 4 is 11.8 Å². The topological polar surface area (TPSA) is 89.4 Å². The molecule has 0 saturated heterocycles. The molecule has 15 heavy (non-hydrogen) atoms. The third-order valence-corrected chi connectivity index (χ3v) is 2.24. The molecule has 0 bridgehead atoms. The highest BCUT2D eigenvalue weighted by atomic mass is 16.2. The van der Waals surface area contributed by atoms with Gasteiger partial charge in [-0.2, -0.15) is 0 Å². The van der Waals surface area contributed by atoms with Crippen LogP contribution in [-0.4, -0.2) is 35.8 Å². The molecule has 0 aromatic heterocycles. The van der Waals surface area contributed by atoms with E-state index >= 15 is 0 Å². The number of nitrogens with zero attached hydrogens (tertiary/aromatic N) is 1. The molecular weight excluding hydrogens is 194 g/mol. The molecule has 0 spiro atoms. The van der Waals surface area contributed by atoms with Crippen LogP contribution in [0.5, 0.6) is 0 Å². The second kappa shape index (κ2) is 5.11. The summed E-state index contributed by atoms with van der Waals surface area (Å²) in [6.07, 6.45) is 0. The van der Waals surface area contributed by atoms with Crippen molar-refractivity contribution in [1.82, 2.24) is 4.90 Å². The van der Waals surface area contributed by atoms with Crippen LogP contribution in [-0.2, 0) is 9.59 Å². The lowest BCUT2D eigenvalue weighted by Crippen LogP contribution is -2.52. The number of likely N-dealkylation sites (N-methyl/N-ethyl adjacent to an activating group) is 1. The standard InChI is InChI=1S/C10H21N3O2/c1-5-13(6-7(11)14)9(15)8(12)10(2,3)4/h8H,5-6,12H2,1-4H3,(H2,11,14)/t8-/m1/s1. The van der Waals surface area contributed by atoms with E-state index in [0.717, 1.165) is 0 Å². The predicted molar refractivity (Wildman–Crippen MR) is 58.9 cm³/mol. The largest absolute Gasteiger partial charge is 0.368 e. The van der Waals surface area contributed by atoms with Gasteiger partial charge in [-0.15, -0.1) is 0 Å². The van der Waals surface area contributed by atoms with Crippen LogP contribution in [0.2, 0.25) is 0 Å². The molecule has 0 fully saturated rings.